The van der Waals surface area contributed by atoms with Crippen LogP contribution in [0, 0.1) is 0 Å². The molecule has 1 aromatic carbocycles. The summed E-state index contributed by atoms with van der Waals surface area (Å²) in [5, 5.41) is 3.94. The van der Waals surface area contributed by atoms with Crippen LogP contribution in [-0.2, 0) is 17.2 Å². The fraction of sp³-hybridized carbons (Fsp3) is 0.571. The highest BCUT2D eigenvalue weighted by Crippen LogP contribution is 2.33. The molecule has 3 heteroatoms. The van der Waals surface area contributed by atoms with Gasteiger partial charge in [0.15, 0.2) is 0 Å². The highest BCUT2D eigenvalue weighted by Gasteiger charge is 2.32. The maximum Gasteiger partial charge on any atom is 0.0543 e. The van der Waals surface area contributed by atoms with Crippen LogP contribution in [0.3, 0.4) is 0 Å². The molecule has 3 unspecified atom stereocenters. The molecular weight excluding hydrogens is 230 g/mol. The third-order valence-corrected chi connectivity index (χ3v) is 5.80. The Bertz CT molecular complexity index is 432. The Labute approximate surface area is 105 Å². The van der Waals surface area contributed by atoms with Gasteiger partial charge in [-0.3, -0.25) is 4.21 Å². The summed E-state index contributed by atoms with van der Waals surface area (Å²) in [7, 11) is -0.655. The van der Waals surface area contributed by atoms with Crippen molar-refractivity contribution in [3.8, 4) is 0 Å². The van der Waals surface area contributed by atoms with Crippen molar-refractivity contribution in [3.05, 3.63) is 35.4 Å². The average Bonchev–Trinajstić information content (AvgIpc) is 2.64. The van der Waals surface area contributed by atoms with Gasteiger partial charge in [-0.1, -0.05) is 24.3 Å². The molecule has 1 aliphatic carbocycles. The second-order valence-corrected chi connectivity index (χ2v) is 6.77. The number of rotatable bonds is 0. The van der Waals surface area contributed by atoms with E-state index in [0.29, 0.717) is 11.3 Å². The lowest BCUT2D eigenvalue weighted by Gasteiger charge is -2.24. The van der Waals surface area contributed by atoms with Crippen LogP contribution in [-0.4, -0.2) is 21.8 Å². The number of hydrogen-bond donors (Lipinski definition) is 1. The predicted octanol–water partition coefficient (Wildman–Crippen LogP) is 2.17. The van der Waals surface area contributed by atoms with Gasteiger partial charge in [0.25, 0.3) is 0 Å². The maximum atomic E-state index is 12.3. The topological polar surface area (TPSA) is 29.1 Å². The van der Waals surface area contributed by atoms with Gasteiger partial charge in [-0.25, -0.2) is 0 Å². The first kappa shape index (κ1) is 11.4. The molecule has 0 amide bonds. The minimum Gasteiger partial charge on any atom is -0.309 e. The Morgan fingerprint density at radius 3 is 3.06 bits per heavy atom. The molecule has 1 N–H and O–H groups in total. The summed E-state index contributed by atoms with van der Waals surface area (Å²) in [6, 6.07) is 8.99. The smallest absolute Gasteiger partial charge is 0.0543 e. The lowest BCUT2D eigenvalue weighted by Crippen LogP contribution is -2.32. The summed E-state index contributed by atoms with van der Waals surface area (Å²) in [6.45, 7) is 1.00. The highest BCUT2D eigenvalue weighted by atomic mass is 32.2. The van der Waals surface area contributed by atoms with Crippen LogP contribution in [0.5, 0.6) is 0 Å². The quantitative estimate of drug-likeness (QED) is 0.763. The number of hydrogen-bond acceptors (Lipinski definition) is 2. The molecule has 0 spiro atoms. The fourth-order valence-corrected chi connectivity index (χ4v) is 4.78. The van der Waals surface area contributed by atoms with E-state index in [2.05, 4.69) is 29.6 Å². The van der Waals surface area contributed by atoms with Crippen molar-refractivity contribution in [1.29, 1.82) is 0 Å². The van der Waals surface area contributed by atoms with E-state index in [1.165, 1.54) is 17.5 Å². The van der Waals surface area contributed by atoms with Crippen LogP contribution in [0.2, 0.25) is 0 Å². The minimum absolute atomic E-state index is 0.317. The summed E-state index contributed by atoms with van der Waals surface area (Å²) in [5.41, 5.74) is 2.84. The molecule has 2 nitrogen and oxygen atoms in total. The first-order valence-corrected chi connectivity index (χ1v) is 7.93. The maximum absolute atomic E-state index is 12.3. The molecule has 1 saturated heterocycles. The average molecular weight is 249 g/mol. The number of aryl methyl sites for hydroxylation is 1. The minimum atomic E-state index is -0.655. The van der Waals surface area contributed by atoms with Crippen LogP contribution in [0.4, 0.5) is 0 Å². The van der Waals surface area contributed by atoms with E-state index in [-0.39, 0.29) is 0 Å². The molecule has 1 aromatic rings. The van der Waals surface area contributed by atoms with Crippen molar-refractivity contribution >= 4 is 10.8 Å². The molecule has 3 rings (SSSR count). The van der Waals surface area contributed by atoms with Crippen LogP contribution >= 0.6 is 0 Å². The van der Waals surface area contributed by atoms with Gasteiger partial charge in [0, 0.05) is 22.6 Å². The molecule has 0 bridgehead atoms. The van der Waals surface area contributed by atoms with Crippen molar-refractivity contribution in [3.63, 3.8) is 0 Å². The van der Waals surface area contributed by atoms with E-state index in [9.17, 15) is 4.21 Å². The SMILES string of the molecule is O=S1CCCNC2c3ccccc3CCCC21. The summed E-state index contributed by atoms with van der Waals surface area (Å²) in [4.78, 5) is 0. The Kier molecular flexibility index (Phi) is 3.30. The van der Waals surface area contributed by atoms with Crippen LogP contribution in [0.25, 0.3) is 0 Å². The molecule has 1 heterocycles. The molecule has 1 fully saturated rings. The van der Waals surface area contributed by atoms with Gasteiger partial charge in [-0.15, -0.1) is 0 Å². The molecular formula is C14H19NOS. The normalized spacial score (nSPS) is 33.1. The lowest BCUT2D eigenvalue weighted by atomic mass is 9.99. The molecule has 0 radical (unpaired) electrons. The van der Waals surface area contributed by atoms with Gasteiger partial charge in [-0.2, -0.15) is 0 Å². The molecule has 1 aliphatic heterocycles. The van der Waals surface area contributed by atoms with Gasteiger partial charge in [0.1, 0.15) is 0 Å². The molecule has 0 aromatic heterocycles. The number of fused-ring (bicyclic) bond motifs is 3. The zero-order chi connectivity index (χ0) is 11.7. The summed E-state index contributed by atoms with van der Waals surface area (Å²) in [5.74, 6) is 0.871. The van der Waals surface area contributed by atoms with Crippen molar-refractivity contribution in [2.24, 2.45) is 0 Å². The van der Waals surface area contributed by atoms with E-state index in [1.54, 1.807) is 0 Å². The molecule has 2 aliphatic rings. The Balaban J connectivity index is 2.02. The Morgan fingerprint density at radius 2 is 2.12 bits per heavy atom. The molecule has 17 heavy (non-hydrogen) atoms. The summed E-state index contributed by atoms with van der Waals surface area (Å²) >= 11 is 0. The van der Waals surface area contributed by atoms with Crippen molar-refractivity contribution < 1.29 is 4.21 Å². The van der Waals surface area contributed by atoms with Crippen LogP contribution in [0.15, 0.2) is 24.3 Å². The van der Waals surface area contributed by atoms with Crippen molar-refractivity contribution in [2.75, 3.05) is 12.3 Å². The van der Waals surface area contributed by atoms with E-state index < -0.39 is 10.8 Å². The third-order valence-electron chi connectivity index (χ3n) is 3.92. The number of benzene rings is 1. The zero-order valence-electron chi connectivity index (χ0n) is 10.0. The first-order valence-electron chi connectivity index (χ1n) is 6.54. The van der Waals surface area contributed by atoms with Crippen molar-refractivity contribution in [1.82, 2.24) is 5.32 Å². The monoisotopic (exact) mass is 249 g/mol. The van der Waals surface area contributed by atoms with Crippen molar-refractivity contribution in [2.45, 2.75) is 37.0 Å². The largest absolute Gasteiger partial charge is 0.309 e. The Hall–Kier alpha value is -0.670. The van der Waals surface area contributed by atoms with Crippen LogP contribution < -0.4 is 5.32 Å². The van der Waals surface area contributed by atoms with Crippen LogP contribution in [0.1, 0.15) is 36.4 Å². The van der Waals surface area contributed by atoms with Gasteiger partial charge in [0.05, 0.1) is 5.25 Å². The van der Waals surface area contributed by atoms with Gasteiger partial charge >= 0.3 is 0 Å². The van der Waals surface area contributed by atoms with E-state index in [0.717, 1.165) is 31.6 Å². The summed E-state index contributed by atoms with van der Waals surface area (Å²) < 4.78 is 12.3. The van der Waals surface area contributed by atoms with Gasteiger partial charge in [-0.05, 0) is 43.4 Å². The standard InChI is InChI=1S/C14H19NOS/c16-17-10-4-9-15-14-12-7-2-1-5-11(12)6-3-8-13(14)17/h1-2,5,7,13-15H,3-4,6,8-10H2. The molecule has 3 atom stereocenters. The zero-order valence-corrected chi connectivity index (χ0v) is 10.8. The van der Waals surface area contributed by atoms with Gasteiger partial charge < -0.3 is 5.32 Å². The van der Waals surface area contributed by atoms with E-state index in [1.807, 2.05) is 0 Å². The lowest BCUT2D eigenvalue weighted by molar-refractivity contribution is 0.506. The second-order valence-electron chi connectivity index (χ2n) is 5.00. The van der Waals surface area contributed by atoms with Gasteiger partial charge in [0.2, 0.25) is 0 Å². The number of nitrogens with one attached hydrogen (secondary N) is 1. The molecule has 0 saturated carbocycles. The second kappa shape index (κ2) is 4.91. The molecule has 92 valence electrons. The summed E-state index contributed by atoms with van der Waals surface area (Å²) in [6.07, 6.45) is 4.45. The highest BCUT2D eigenvalue weighted by molar-refractivity contribution is 7.85. The fourth-order valence-electron chi connectivity index (χ4n) is 3.07. The first-order chi connectivity index (χ1) is 8.36. The third kappa shape index (κ3) is 2.18. The predicted molar refractivity (Wildman–Crippen MR) is 71.5 cm³/mol. The van der Waals surface area contributed by atoms with E-state index in [4.69, 9.17) is 0 Å². The Morgan fingerprint density at radius 1 is 1.24 bits per heavy atom. The van der Waals surface area contributed by atoms with E-state index >= 15 is 0 Å².